The van der Waals surface area contributed by atoms with E-state index in [0.29, 0.717) is 10.2 Å². The predicted molar refractivity (Wildman–Crippen MR) is 144 cm³/mol. The molecule has 3 heterocycles. The normalized spacial score (nSPS) is 11.1. The van der Waals surface area contributed by atoms with Gasteiger partial charge in [0.05, 0.1) is 33.7 Å². The summed E-state index contributed by atoms with van der Waals surface area (Å²) in [7, 11) is 1.65. The van der Waals surface area contributed by atoms with E-state index in [9.17, 15) is 4.79 Å². The molecule has 0 aliphatic heterocycles. The first-order chi connectivity index (χ1) is 17.0. The predicted octanol–water partition coefficient (Wildman–Crippen LogP) is 6.23. The standard InChI is InChI=1S/C25H21N5O2S3/c1-14-4-9-18-20(12-14)34-25(27-18)28-21(31)13-33-22-11-10-19(29-30-22)23-15(2)26-24(35-23)16-5-7-17(32-3)8-6-16/h4-12H,13H2,1-3H3,(H,27,28,31). The number of ether oxygens (including phenoxy) is 1. The van der Waals surface area contributed by atoms with E-state index in [2.05, 4.69) is 26.6 Å². The number of carbonyl (C=O) groups excluding carboxylic acids is 1. The minimum absolute atomic E-state index is 0.126. The molecule has 0 saturated heterocycles. The topological polar surface area (TPSA) is 89.9 Å². The summed E-state index contributed by atoms with van der Waals surface area (Å²) in [6.45, 7) is 4.01. The quantitative estimate of drug-likeness (QED) is 0.255. The van der Waals surface area contributed by atoms with Gasteiger partial charge < -0.3 is 10.1 Å². The molecular formula is C25H21N5O2S3. The van der Waals surface area contributed by atoms with Crippen LogP contribution >= 0.6 is 34.4 Å². The van der Waals surface area contributed by atoms with Crippen molar-refractivity contribution >= 4 is 55.7 Å². The maximum absolute atomic E-state index is 12.4. The van der Waals surface area contributed by atoms with Crippen LogP contribution < -0.4 is 10.1 Å². The summed E-state index contributed by atoms with van der Waals surface area (Å²) >= 11 is 4.39. The van der Waals surface area contributed by atoms with Crippen molar-refractivity contribution in [3.63, 3.8) is 0 Å². The molecule has 1 amide bonds. The second kappa shape index (κ2) is 10.1. The Balaban J connectivity index is 1.21. The van der Waals surface area contributed by atoms with Crippen LogP contribution in [0.25, 0.3) is 31.4 Å². The Hall–Kier alpha value is -3.34. The number of nitrogens with one attached hydrogen (secondary N) is 1. The number of amides is 1. The average molecular weight is 520 g/mol. The highest BCUT2D eigenvalue weighted by Gasteiger charge is 2.14. The number of carbonyl (C=O) groups is 1. The Labute approximate surface area is 214 Å². The van der Waals surface area contributed by atoms with Crippen LogP contribution in [0.15, 0.2) is 59.6 Å². The van der Waals surface area contributed by atoms with Crippen LogP contribution in [-0.2, 0) is 4.79 Å². The van der Waals surface area contributed by atoms with E-state index in [1.165, 1.54) is 28.7 Å². The van der Waals surface area contributed by atoms with Gasteiger partial charge in [-0.25, -0.2) is 9.97 Å². The number of thioether (sulfide) groups is 1. The number of anilines is 1. The molecule has 0 aliphatic carbocycles. The lowest BCUT2D eigenvalue weighted by Gasteiger charge is -2.02. The van der Waals surface area contributed by atoms with Crippen LogP contribution in [0.5, 0.6) is 5.75 Å². The highest BCUT2D eigenvalue weighted by Crippen LogP contribution is 2.35. The Bertz CT molecular complexity index is 1490. The fourth-order valence-electron chi connectivity index (χ4n) is 3.39. The minimum atomic E-state index is -0.126. The van der Waals surface area contributed by atoms with Crippen LogP contribution in [0.2, 0.25) is 0 Å². The van der Waals surface area contributed by atoms with Crippen molar-refractivity contribution in [2.24, 2.45) is 0 Å². The molecule has 7 nitrogen and oxygen atoms in total. The van der Waals surface area contributed by atoms with Gasteiger partial charge in [-0.2, -0.15) is 0 Å². The molecule has 0 fully saturated rings. The highest BCUT2D eigenvalue weighted by atomic mass is 32.2. The van der Waals surface area contributed by atoms with E-state index >= 15 is 0 Å². The summed E-state index contributed by atoms with van der Waals surface area (Å²) in [5.41, 5.74) is 4.75. The molecule has 176 valence electrons. The van der Waals surface area contributed by atoms with E-state index in [4.69, 9.17) is 9.72 Å². The summed E-state index contributed by atoms with van der Waals surface area (Å²) < 4.78 is 6.29. The van der Waals surface area contributed by atoms with Crippen LogP contribution in [-0.4, -0.2) is 38.9 Å². The van der Waals surface area contributed by atoms with Gasteiger partial charge in [0.1, 0.15) is 21.5 Å². The van der Waals surface area contributed by atoms with E-state index in [-0.39, 0.29) is 11.7 Å². The molecular weight excluding hydrogens is 499 g/mol. The first-order valence-corrected chi connectivity index (χ1v) is 13.4. The number of benzene rings is 2. The fourth-order valence-corrected chi connectivity index (χ4v) is 6.02. The third-order valence-electron chi connectivity index (χ3n) is 5.15. The molecule has 0 saturated carbocycles. The number of methoxy groups -OCH3 is 1. The van der Waals surface area contributed by atoms with Gasteiger partial charge in [0.2, 0.25) is 5.91 Å². The third-order valence-corrected chi connectivity index (χ3v) is 8.23. The molecule has 10 heteroatoms. The number of aryl methyl sites for hydroxylation is 2. The van der Waals surface area contributed by atoms with Crippen molar-refractivity contribution < 1.29 is 9.53 Å². The molecule has 0 atom stereocenters. The third kappa shape index (κ3) is 5.34. The molecule has 0 aliphatic rings. The zero-order valence-electron chi connectivity index (χ0n) is 19.2. The van der Waals surface area contributed by atoms with Crippen LogP contribution in [0.3, 0.4) is 0 Å². The van der Waals surface area contributed by atoms with Gasteiger partial charge in [-0.05, 0) is 67.9 Å². The molecule has 5 aromatic rings. The Morgan fingerprint density at radius 2 is 1.83 bits per heavy atom. The average Bonchev–Trinajstić information content (AvgIpc) is 3.45. The summed E-state index contributed by atoms with van der Waals surface area (Å²) in [6.07, 6.45) is 0. The van der Waals surface area contributed by atoms with Crippen molar-refractivity contribution in [3.8, 4) is 26.9 Å². The minimum Gasteiger partial charge on any atom is -0.497 e. The number of nitrogens with zero attached hydrogens (tertiary/aromatic N) is 4. The first-order valence-electron chi connectivity index (χ1n) is 10.7. The first kappa shape index (κ1) is 23.4. The molecule has 0 radical (unpaired) electrons. The van der Waals surface area contributed by atoms with Gasteiger partial charge in [-0.3, -0.25) is 4.79 Å². The second-order valence-corrected chi connectivity index (χ2v) is 10.8. The molecule has 0 bridgehead atoms. The van der Waals surface area contributed by atoms with E-state index in [1.54, 1.807) is 18.4 Å². The highest BCUT2D eigenvalue weighted by molar-refractivity contribution is 7.99. The van der Waals surface area contributed by atoms with Crippen molar-refractivity contribution in [2.45, 2.75) is 18.9 Å². The maximum Gasteiger partial charge on any atom is 0.236 e. The molecule has 3 aromatic heterocycles. The van der Waals surface area contributed by atoms with Crippen molar-refractivity contribution in [1.82, 2.24) is 20.2 Å². The van der Waals surface area contributed by atoms with Crippen molar-refractivity contribution in [1.29, 1.82) is 0 Å². The van der Waals surface area contributed by atoms with Gasteiger partial charge in [0.15, 0.2) is 5.13 Å². The lowest BCUT2D eigenvalue weighted by molar-refractivity contribution is -0.113. The van der Waals surface area contributed by atoms with Crippen LogP contribution in [0.1, 0.15) is 11.3 Å². The zero-order chi connectivity index (χ0) is 24.4. The number of aromatic nitrogens is 4. The van der Waals surface area contributed by atoms with Gasteiger partial charge >= 0.3 is 0 Å². The Kier molecular flexibility index (Phi) is 6.76. The van der Waals surface area contributed by atoms with Gasteiger partial charge in [-0.15, -0.1) is 21.5 Å². The molecule has 2 aromatic carbocycles. The number of hydrogen-bond acceptors (Lipinski definition) is 9. The molecule has 0 unspecified atom stereocenters. The smallest absolute Gasteiger partial charge is 0.236 e. The van der Waals surface area contributed by atoms with Gasteiger partial charge in [0, 0.05) is 5.56 Å². The number of fused-ring (bicyclic) bond motifs is 1. The molecule has 1 N–H and O–H groups in total. The number of rotatable bonds is 7. The summed E-state index contributed by atoms with van der Waals surface area (Å²) in [5, 5.41) is 13.8. The van der Waals surface area contributed by atoms with E-state index < -0.39 is 0 Å². The number of thiazole rings is 2. The fraction of sp³-hybridized carbons (Fsp3) is 0.160. The van der Waals surface area contributed by atoms with Crippen LogP contribution in [0, 0.1) is 13.8 Å². The van der Waals surface area contributed by atoms with Crippen molar-refractivity contribution in [2.75, 3.05) is 18.2 Å². The van der Waals surface area contributed by atoms with E-state index in [0.717, 1.165) is 42.8 Å². The second-order valence-electron chi connectivity index (χ2n) is 7.75. The molecule has 35 heavy (non-hydrogen) atoms. The summed E-state index contributed by atoms with van der Waals surface area (Å²) in [4.78, 5) is 22.6. The summed E-state index contributed by atoms with van der Waals surface area (Å²) in [5.74, 6) is 0.911. The van der Waals surface area contributed by atoms with Gasteiger partial charge in [-0.1, -0.05) is 29.2 Å². The Morgan fingerprint density at radius 3 is 2.57 bits per heavy atom. The maximum atomic E-state index is 12.4. The molecule has 0 spiro atoms. The lowest BCUT2D eigenvalue weighted by Crippen LogP contribution is -2.13. The van der Waals surface area contributed by atoms with E-state index in [1.807, 2.05) is 62.4 Å². The largest absolute Gasteiger partial charge is 0.497 e. The van der Waals surface area contributed by atoms with Crippen molar-refractivity contribution in [3.05, 3.63) is 65.9 Å². The molecule has 5 rings (SSSR count). The summed E-state index contributed by atoms with van der Waals surface area (Å²) in [6, 6.07) is 17.7. The SMILES string of the molecule is COc1ccc(-c2nc(C)c(-c3ccc(SCC(=O)Nc4nc5ccc(C)cc5s4)nn3)s2)cc1. The monoisotopic (exact) mass is 519 g/mol. The number of hydrogen-bond donors (Lipinski definition) is 1. The Morgan fingerprint density at radius 1 is 1.00 bits per heavy atom. The van der Waals surface area contributed by atoms with Gasteiger partial charge in [0.25, 0.3) is 0 Å². The lowest BCUT2D eigenvalue weighted by atomic mass is 10.2. The van der Waals surface area contributed by atoms with Crippen LogP contribution in [0.4, 0.5) is 5.13 Å². The zero-order valence-corrected chi connectivity index (χ0v) is 21.7.